The molecule has 15 heavy (non-hydrogen) atoms. The van der Waals surface area contributed by atoms with Crippen LogP contribution in [0.5, 0.6) is 0 Å². The van der Waals surface area contributed by atoms with Gasteiger partial charge in [-0.2, -0.15) is 0 Å². The lowest BCUT2D eigenvalue weighted by Gasteiger charge is -2.20. The number of nitrogens with one attached hydrogen (secondary N) is 1. The summed E-state index contributed by atoms with van der Waals surface area (Å²) in [7, 11) is 1.38. The number of carbonyl (C=O) groups is 2. The number of hydrogen-bond donors (Lipinski definition) is 3. The van der Waals surface area contributed by atoms with Gasteiger partial charge in [0.2, 0.25) is 0 Å². The van der Waals surface area contributed by atoms with Gasteiger partial charge in [0, 0.05) is 19.7 Å². The van der Waals surface area contributed by atoms with Crippen LogP contribution >= 0.6 is 0 Å². The smallest absolute Gasteiger partial charge is 0.308 e. The summed E-state index contributed by atoms with van der Waals surface area (Å²) in [4.78, 5) is 22.1. The van der Waals surface area contributed by atoms with Crippen molar-refractivity contribution >= 4 is 11.9 Å². The topological polar surface area (TPSA) is 102 Å². The Kier molecular flexibility index (Phi) is 5.88. The number of carboxylic acid groups (broad SMARTS) is 1. The lowest BCUT2D eigenvalue weighted by molar-refractivity contribution is -0.142. The van der Waals surface area contributed by atoms with Crippen molar-refractivity contribution in [2.75, 3.05) is 13.7 Å². The van der Waals surface area contributed by atoms with Gasteiger partial charge in [0.05, 0.1) is 5.92 Å². The van der Waals surface area contributed by atoms with Crippen LogP contribution in [0.1, 0.15) is 13.8 Å². The fourth-order valence-corrected chi connectivity index (χ4v) is 0.967. The number of ether oxygens (including phenoxy) is 1. The number of amides is 1. The molecule has 6 heteroatoms. The Morgan fingerprint density at radius 2 is 2.00 bits per heavy atom. The first kappa shape index (κ1) is 13.9. The molecule has 0 spiro atoms. The second-order valence-corrected chi connectivity index (χ2v) is 3.38. The third kappa shape index (κ3) is 4.26. The minimum atomic E-state index is -0.954. The molecule has 0 saturated heterocycles. The highest BCUT2D eigenvalue weighted by atomic mass is 16.5. The number of rotatable bonds is 6. The summed E-state index contributed by atoms with van der Waals surface area (Å²) in [6.45, 7) is 3.22. The van der Waals surface area contributed by atoms with Gasteiger partial charge in [-0.3, -0.25) is 9.59 Å². The zero-order valence-electron chi connectivity index (χ0n) is 9.19. The molecule has 0 aliphatic rings. The van der Waals surface area contributed by atoms with Crippen LogP contribution in [-0.4, -0.2) is 42.8 Å². The Hall–Kier alpha value is -1.14. The molecule has 3 atom stereocenters. The average molecular weight is 218 g/mol. The number of hydrogen-bond acceptors (Lipinski definition) is 4. The van der Waals surface area contributed by atoms with E-state index < -0.39 is 24.0 Å². The van der Waals surface area contributed by atoms with Crippen LogP contribution in [0.2, 0.25) is 0 Å². The number of methoxy groups -OCH3 is 1. The molecule has 4 N–H and O–H groups in total. The monoisotopic (exact) mass is 218 g/mol. The molecule has 0 radical (unpaired) electrons. The minimum Gasteiger partial charge on any atom is -0.481 e. The molecule has 88 valence electrons. The van der Waals surface area contributed by atoms with Gasteiger partial charge >= 0.3 is 5.97 Å². The van der Waals surface area contributed by atoms with Gasteiger partial charge in [-0.15, -0.1) is 0 Å². The van der Waals surface area contributed by atoms with Crippen LogP contribution in [0.4, 0.5) is 0 Å². The Bertz CT molecular complexity index is 228. The first-order chi connectivity index (χ1) is 6.93. The molecular weight excluding hydrogens is 200 g/mol. The molecule has 0 heterocycles. The molecule has 6 nitrogen and oxygen atoms in total. The lowest BCUT2D eigenvalue weighted by Crippen LogP contribution is -2.47. The van der Waals surface area contributed by atoms with Crippen molar-refractivity contribution in [3.8, 4) is 0 Å². The zero-order valence-corrected chi connectivity index (χ0v) is 9.19. The largest absolute Gasteiger partial charge is 0.481 e. The van der Waals surface area contributed by atoms with E-state index in [1.165, 1.54) is 14.0 Å². The second kappa shape index (κ2) is 6.36. The first-order valence-electron chi connectivity index (χ1n) is 4.70. The summed E-state index contributed by atoms with van der Waals surface area (Å²) < 4.78 is 4.82. The molecule has 0 fully saturated rings. The third-order valence-electron chi connectivity index (χ3n) is 2.30. The Labute approximate surface area is 88.8 Å². The van der Waals surface area contributed by atoms with E-state index in [0.29, 0.717) is 0 Å². The van der Waals surface area contributed by atoms with Crippen molar-refractivity contribution in [2.24, 2.45) is 11.7 Å². The van der Waals surface area contributed by atoms with Gasteiger partial charge in [-0.1, -0.05) is 0 Å². The molecule has 0 aromatic heterocycles. The molecule has 0 saturated carbocycles. The zero-order chi connectivity index (χ0) is 12.0. The quantitative estimate of drug-likeness (QED) is 0.541. The van der Waals surface area contributed by atoms with E-state index in [2.05, 4.69) is 5.32 Å². The van der Waals surface area contributed by atoms with E-state index in [9.17, 15) is 9.59 Å². The summed E-state index contributed by atoms with van der Waals surface area (Å²) >= 11 is 0. The van der Waals surface area contributed by atoms with Gasteiger partial charge in [-0.05, 0) is 13.8 Å². The SMILES string of the molecule is COC(CN)C(=O)NC(C)C(C)C(=O)O. The third-order valence-corrected chi connectivity index (χ3v) is 2.30. The van der Waals surface area contributed by atoms with E-state index in [-0.39, 0.29) is 12.5 Å². The van der Waals surface area contributed by atoms with Crippen molar-refractivity contribution in [3.63, 3.8) is 0 Å². The normalized spacial score (nSPS) is 16.5. The van der Waals surface area contributed by atoms with Gasteiger partial charge in [0.1, 0.15) is 6.10 Å². The standard InChI is InChI=1S/C9H18N2O4/c1-5(9(13)14)6(2)11-8(12)7(4-10)15-3/h5-7H,4,10H2,1-3H3,(H,11,12)(H,13,14). The highest BCUT2D eigenvalue weighted by Crippen LogP contribution is 2.02. The first-order valence-corrected chi connectivity index (χ1v) is 4.70. The summed E-state index contributed by atoms with van der Waals surface area (Å²) in [6.07, 6.45) is -0.728. The molecule has 0 aromatic rings. The predicted octanol–water partition coefficient (Wildman–Crippen LogP) is -0.814. The highest BCUT2D eigenvalue weighted by molar-refractivity contribution is 5.82. The van der Waals surface area contributed by atoms with E-state index in [4.69, 9.17) is 15.6 Å². The molecular formula is C9H18N2O4. The Morgan fingerprint density at radius 1 is 1.47 bits per heavy atom. The summed E-state index contributed by atoms with van der Waals surface area (Å²) in [5, 5.41) is 11.2. The maximum absolute atomic E-state index is 11.4. The summed E-state index contributed by atoms with van der Waals surface area (Å²) in [6, 6.07) is -0.459. The fraction of sp³-hybridized carbons (Fsp3) is 0.778. The molecule has 0 rings (SSSR count). The Morgan fingerprint density at radius 3 is 2.33 bits per heavy atom. The molecule has 0 aliphatic carbocycles. The molecule has 0 bridgehead atoms. The van der Waals surface area contributed by atoms with E-state index in [0.717, 1.165) is 0 Å². The van der Waals surface area contributed by atoms with Gasteiger partial charge in [0.15, 0.2) is 0 Å². The van der Waals surface area contributed by atoms with E-state index >= 15 is 0 Å². The van der Waals surface area contributed by atoms with E-state index in [1.807, 2.05) is 0 Å². The van der Waals surface area contributed by atoms with Crippen molar-refractivity contribution in [1.29, 1.82) is 0 Å². The van der Waals surface area contributed by atoms with Crippen LogP contribution in [-0.2, 0) is 14.3 Å². The molecule has 3 unspecified atom stereocenters. The van der Waals surface area contributed by atoms with Crippen LogP contribution in [0.25, 0.3) is 0 Å². The predicted molar refractivity (Wildman–Crippen MR) is 54.3 cm³/mol. The molecule has 0 aliphatic heterocycles. The van der Waals surface area contributed by atoms with Crippen LogP contribution in [0.15, 0.2) is 0 Å². The fourth-order valence-electron chi connectivity index (χ4n) is 0.967. The maximum Gasteiger partial charge on any atom is 0.308 e. The number of nitrogens with two attached hydrogens (primary N) is 1. The van der Waals surface area contributed by atoms with Gasteiger partial charge < -0.3 is 20.9 Å². The van der Waals surface area contributed by atoms with Crippen molar-refractivity contribution in [1.82, 2.24) is 5.32 Å². The number of carboxylic acids is 1. The Balaban J connectivity index is 4.22. The van der Waals surface area contributed by atoms with E-state index in [1.54, 1.807) is 6.92 Å². The van der Waals surface area contributed by atoms with Crippen molar-refractivity contribution in [3.05, 3.63) is 0 Å². The maximum atomic E-state index is 11.4. The number of aliphatic carboxylic acids is 1. The molecule has 0 aromatic carbocycles. The van der Waals surface area contributed by atoms with Crippen molar-refractivity contribution in [2.45, 2.75) is 26.0 Å². The lowest BCUT2D eigenvalue weighted by atomic mass is 10.0. The molecule has 1 amide bonds. The summed E-state index contributed by atoms with van der Waals surface area (Å²) in [5.74, 6) is -1.99. The van der Waals surface area contributed by atoms with Crippen LogP contribution < -0.4 is 11.1 Å². The minimum absolute atomic E-state index is 0.0660. The van der Waals surface area contributed by atoms with Crippen LogP contribution in [0.3, 0.4) is 0 Å². The van der Waals surface area contributed by atoms with Gasteiger partial charge in [-0.25, -0.2) is 0 Å². The van der Waals surface area contributed by atoms with Crippen LogP contribution in [0, 0.1) is 5.92 Å². The second-order valence-electron chi connectivity index (χ2n) is 3.38. The highest BCUT2D eigenvalue weighted by Gasteiger charge is 2.24. The van der Waals surface area contributed by atoms with Gasteiger partial charge in [0.25, 0.3) is 5.91 Å². The van der Waals surface area contributed by atoms with Crippen molar-refractivity contribution < 1.29 is 19.4 Å². The number of carbonyl (C=O) groups excluding carboxylic acids is 1. The summed E-state index contributed by atoms with van der Waals surface area (Å²) in [5.41, 5.74) is 5.29. The average Bonchev–Trinajstić information content (AvgIpc) is 2.18.